The quantitative estimate of drug-likeness (QED) is 0.519. The molecule has 0 aromatic heterocycles. The molecule has 0 saturated carbocycles. The second-order valence-corrected chi connectivity index (χ2v) is 3.56. The van der Waals surface area contributed by atoms with Gasteiger partial charge in [0.2, 0.25) is 0 Å². The van der Waals surface area contributed by atoms with Crippen molar-refractivity contribution in [2.24, 2.45) is 0 Å². The van der Waals surface area contributed by atoms with Crippen LogP contribution < -0.4 is 0 Å². The Kier molecular flexibility index (Phi) is 2.73. The Balaban J connectivity index is 2.36. The lowest BCUT2D eigenvalue weighted by atomic mass is 10.1. The topological polar surface area (TPSA) is 26.3 Å². The molecule has 0 unspecified atom stereocenters. The van der Waals surface area contributed by atoms with Crippen LogP contribution >= 0.6 is 0 Å². The lowest BCUT2D eigenvalue weighted by Gasteiger charge is -2.07. The first kappa shape index (κ1) is 10.4. The van der Waals surface area contributed by atoms with Gasteiger partial charge in [0.1, 0.15) is 5.76 Å². The Morgan fingerprint density at radius 3 is 2.56 bits per heavy atom. The fraction of sp³-hybridized carbons (Fsp3) is 0.0714. The molecule has 2 rings (SSSR count). The zero-order valence-electron chi connectivity index (χ0n) is 9.07. The Morgan fingerprint density at radius 1 is 1.25 bits per heavy atom. The van der Waals surface area contributed by atoms with Crippen molar-refractivity contribution >= 4 is 5.97 Å². The molecule has 0 N–H and O–H groups in total. The van der Waals surface area contributed by atoms with Crippen molar-refractivity contribution in [3.63, 3.8) is 0 Å². The fourth-order valence-electron chi connectivity index (χ4n) is 1.63. The first-order chi connectivity index (χ1) is 7.72. The molecule has 80 valence electrons. The second-order valence-electron chi connectivity index (χ2n) is 3.56. The van der Waals surface area contributed by atoms with Gasteiger partial charge in [-0.15, -0.1) is 0 Å². The lowest BCUT2D eigenvalue weighted by molar-refractivity contribution is -0.133. The minimum atomic E-state index is -0.429. The summed E-state index contributed by atoms with van der Waals surface area (Å²) in [6, 6.07) is 0. The molecule has 0 saturated heterocycles. The highest BCUT2D eigenvalue weighted by Gasteiger charge is 2.18. The maximum atomic E-state index is 11.2. The van der Waals surface area contributed by atoms with Gasteiger partial charge in [-0.25, -0.2) is 4.79 Å². The van der Waals surface area contributed by atoms with E-state index in [9.17, 15) is 4.79 Å². The first-order valence-corrected chi connectivity index (χ1v) is 5.05. The van der Waals surface area contributed by atoms with Crippen LogP contribution in [0.2, 0.25) is 0 Å². The molecule has 2 heteroatoms. The van der Waals surface area contributed by atoms with Gasteiger partial charge in [0.15, 0.2) is 0 Å². The zero-order chi connectivity index (χ0) is 11.5. The van der Waals surface area contributed by atoms with E-state index in [1.54, 1.807) is 0 Å². The molecule has 16 heavy (non-hydrogen) atoms. The predicted molar refractivity (Wildman–Crippen MR) is 63.4 cm³/mol. The van der Waals surface area contributed by atoms with Crippen molar-refractivity contribution in [2.75, 3.05) is 0 Å². The highest BCUT2D eigenvalue weighted by molar-refractivity contribution is 5.83. The number of ether oxygens (including phenoxy) is 1. The van der Waals surface area contributed by atoms with E-state index >= 15 is 0 Å². The van der Waals surface area contributed by atoms with Crippen LogP contribution in [-0.4, -0.2) is 5.97 Å². The van der Waals surface area contributed by atoms with Crippen molar-refractivity contribution < 1.29 is 9.53 Å². The van der Waals surface area contributed by atoms with E-state index in [1.165, 1.54) is 6.08 Å². The Hall–Kier alpha value is -2.09. The normalized spacial score (nSPS) is 17.6. The van der Waals surface area contributed by atoms with Crippen molar-refractivity contribution in [2.45, 2.75) is 6.92 Å². The Labute approximate surface area is 94.6 Å². The number of hydrogen-bond acceptors (Lipinski definition) is 2. The number of rotatable bonds is 2. The molecule has 0 aliphatic heterocycles. The summed E-state index contributed by atoms with van der Waals surface area (Å²) in [7, 11) is 0. The largest absolute Gasteiger partial charge is 0.422 e. The van der Waals surface area contributed by atoms with Gasteiger partial charge in [0.05, 0.1) is 0 Å². The molecule has 0 aromatic rings. The molecule has 0 fully saturated rings. The Morgan fingerprint density at radius 2 is 1.94 bits per heavy atom. The number of hydrogen-bond donors (Lipinski definition) is 0. The third-order valence-electron chi connectivity index (χ3n) is 2.45. The number of allylic oxidation sites excluding steroid dienone is 8. The van der Waals surface area contributed by atoms with Crippen molar-refractivity contribution in [1.82, 2.24) is 0 Å². The van der Waals surface area contributed by atoms with E-state index in [-0.39, 0.29) is 0 Å². The zero-order valence-corrected chi connectivity index (χ0v) is 9.07. The van der Waals surface area contributed by atoms with Gasteiger partial charge in [-0.3, -0.25) is 0 Å². The van der Waals surface area contributed by atoms with Gasteiger partial charge < -0.3 is 4.74 Å². The van der Waals surface area contributed by atoms with Crippen LogP contribution in [0.5, 0.6) is 0 Å². The Bertz CT molecular complexity index is 483. The van der Waals surface area contributed by atoms with E-state index < -0.39 is 5.97 Å². The average molecular weight is 212 g/mol. The molecule has 0 spiro atoms. The molecular weight excluding hydrogens is 200 g/mol. The number of carbonyl (C=O) groups is 1. The van der Waals surface area contributed by atoms with Crippen LogP contribution in [0, 0.1) is 0 Å². The molecular formula is C14H12O2. The fourth-order valence-corrected chi connectivity index (χ4v) is 1.63. The minimum Gasteiger partial charge on any atom is -0.422 e. The van der Waals surface area contributed by atoms with Crippen molar-refractivity contribution in [3.8, 4) is 0 Å². The van der Waals surface area contributed by atoms with Gasteiger partial charge >= 0.3 is 5.97 Å². The molecule has 0 atom stereocenters. The maximum Gasteiger partial charge on any atom is 0.335 e. The van der Waals surface area contributed by atoms with Gasteiger partial charge in [-0.05, 0) is 18.1 Å². The van der Waals surface area contributed by atoms with Crippen molar-refractivity contribution in [3.05, 3.63) is 71.6 Å². The minimum absolute atomic E-state index is 0.429. The maximum absolute atomic E-state index is 11.2. The predicted octanol–water partition coefficient (Wildman–Crippen LogP) is 2.98. The van der Waals surface area contributed by atoms with Crippen LogP contribution in [-0.2, 0) is 9.53 Å². The molecule has 0 aromatic carbocycles. The van der Waals surface area contributed by atoms with Crippen LogP contribution in [0.4, 0.5) is 0 Å². The number of esters is 1. The molecule has 2 nitrogen and oxygen atoms in total. The summed E-state index contributed by atoms with van der Waals surface area (Å²) in [6.07, 6.45) is 12.9. The third-order valence-corrected chi connectivity index (χ3v) is 2.45. The van der Waals surface area contributed by atoms with Crippen LogP contribution in [0.25, 0.3) is 0 Å². The smallest absolute Gasteiger partial charge is 0.335 e. The summed E-state index contributed by atoms with van der Waals surface area (Å²) in [5, 5.41) is 0. The van der Waals surface area contributed by atoms with E-state index in [4.69, 9.17) is 4.74 Å². The van der Waals surface area contributed by atoms with Crippen LogP contribution in [0.1, 0.15) is 6.92 Å². The monoisotopic (exact) mass is 212 g/mol. The van der Waals surface area contributed by atoms with Gasteiger partial charge in [-0.1, -0.05) is 43.0 Å². The lowest BCUT2D eigenvalue weighted by Crippen LogP contribution is -2.02. The summed E-state index contributed by atoms with van der Waals surface area (Å²) in [5.41, 5.74) is 2.95. The van der Waals surface area contributed by atoms with Gasteiger partial charge in [0.25, 0.3) is 0 Å². The third kappa shape index (κ3) is 1.82. The summed E-state index contributed by atoms with van der Waals surface area (Å²) in [5.74, 6) is 0.193. The highest BCUT2D eigenvalue weighted by Crippen LogP contribution is 2.30. The molecule has 0 bridgehead atoms. The van der Waals surface area contributed by atoms with Gasteiger partial charge in [-0.2, -0.15) is 0 Å². The summed E-state index contributed by atoms with van der Waals surface area (Å²) in [6.45, 7) is 5.30. The van der Waals surface area contributed by atoms with E-state index in [0.717, 1.165) is 16.7 Å². The molecule has 0 radical (unpaired) electrons. The average Bonchev–Trinajstić information content (AvgIpc) is 2.89. The standard InChI is InChI=1S/C14H12O2/c1-3-13(15)16-14-10(2)8-9-12(14)11-6-4-5-7-11/h3-9H,1H2,2H3. The summed E-state index contributed by atoms with van der Waals surface area (Å²) < 4.78 is 5.23. The first-order valence-electron chi connectivity index (χ1n) is 5.05. The molecule has 2 aliphatic rings. The van der Waals surface area contributed by atoms with E-state index in [0.29, 0.717) is 5.76 Å². The van der Waals surface area contributed by atoms with Crippen molar-refractivity contribution in [1.29, 1.82) is 0 Å². The van der Waals surface area contributed by atoms with E-state index in [1.807, 2.05) is 43.4 Å². The molecule has 0 heterocycles. The summed E-state index contributed by atoms with van der Waals surface area (Å²) >= 11 is 0. The second kappa shape index (κ2) is 4.19. The molecule has 2 aliphatic carbocycles. The van der Waals surface area contributed by atoms with Crippen LogP contribution in [0.15, 0.2) is 71.6 Å². The molecule has 0 amide bonds. The number of carbonyl (C=O) groups excluding carboxylic acids is 1. The van der Waals surface area contributed by atoms with Gasteiger partial charge in [0, 0.05) is 11.6 Å². The highest BCUT2D eigenvalue weighted by atomic mass is 16.5. The van der Waals surface area contributed by atoms with E-state index in [2.05, 4.69) is 6.58 Å². The SMILES string of the molecule is C=CC(=O)OC1=C(C)C=CC1=C1C=CC=C1. The van der Waals surface area contributed by atoms with Crippen LogP contribution in [0.3, 0.4) is 0 Å². The summed E-state index contributed by atoms with van der Waals surface area (Å²) in [4.78, 5) is 11.2.